The zero-order chi connectivity index (χ0) is 21.1. The van der Waals surface area contributed by atoms with E-state index in [9.17, 15) is 5.11 Å². The monoisotopic (exact) mass is 386 g/mol. The summed E-state index contributed by atoms with van der Waals surface area (Å²) in [7, 11) is 1.73. The zero-order valence-electron chi connectivity index (χ0n) is 17.7. The fourth-order valence-corrected chi connectivity index (χ4v) is 3.47. The number of hydrogen-bond acceptors (Lipinski definition) is 3. The second kappa shape index (κ2) is 8.49. The molecule has 0 saturated carbocycles. The van der Waals surface area contributed by atoms with Gasteiger partial charge in [-0.1, -0.05) is 48.4 Å². The lowest BCUT2D eigenvalue weighted by atomic mass is 9.85. The number of anilines is 1. The number of hydrogen-bond donors (Lipinski definition) is 1. The zero-order valence-corrected chi connectivity index (χ0v) is 17.7. The molecule has 0 amide bonds. The topological polar surface area (TPSA) is 32.7 Å². The first-order chi connectivity index (χ1) is 13.8. The maximum atomic E-state index is 10.2. The van der Waals surface area contributed by atoms with E-state index >= 15 is 0 Å². The van der Waals surface area contributed by atoms with Gasteiger partial charge in [0, 0.05) is 23.0 Å². The minimum atomic E-state index is -0.932. The molecule has 1 N–H and O–H groups in total. The van der Waals surface area contributed by atoms with Crippen LogP contribution in [-0.4, -0.2) is 29.8 Å². The van der Waals surface area contributed by atoms with Gasteiger partial charge in [0.15, 0.2) is 0 Å². The minimum Gasteiger partial charge on any atom is -0.433 e. The molecule has 1 aliphatic heterocycles. The Balaban J connectivity index is 1.75. The van der Waals surface area contributed by atoms with Gasteiger partial charge in [0.05, 0.1) is 17.2 Å². The van der Waals surface area contributed by atoms with Crippen molar-refractivity contribution in [1.29, 1.82) is 0 Å². The Bertz CT molecular complexity index is 909. The van der Waals surface area contributed by atoms with E-state index in [1.54, 1.807) is 21.3 Å². The van der Waals surface area contributed by atoms with E-state index in [1.807, 2.05) is 26.0 Å². The highest BCUT2D eigenvalue weighted by Crippen LogP contribution is 2.45. The second-order valence-corrected chi connectivity index (χ2v) is 8.42. The van der Waals surface area contributed by atoms with E-state index in [4.69, 9.17) is 11.1 Å². The van der Waals surface area contributed by atoms with Crippen molar-refractivity contribution in [3.05, 3.63) is 72.0 Å². The van der Waals surface area contributed by atoms with Crippen LogP contribution < -0.4 is 4.90 Å². The van der Waals surface area contributed by atoms with Gasteiger partial charge in [0.1, 0.15) is 0 Å². The minimum absolute atomic E-state index is 0.260. The van der Waals surface area contributed by atoms with Crippen LogP contribution >= 0.6 is 0 Å². The van der Waals surface area contributed by atoms with Crippen LogP contribution in [0.25, 0.3) is 5.57 Å². The van der Waals surface area contributed by atoms with Crippen molar-refractivity contribution in [3.8, 4) is 12.3 Å². The van der Waals surface area contributed by atoms with Crippen molar-refractivity contribution in [2.45, 2.75) is 57.7 Å². The van der Waals surface area contributed by atoms with Crippen molar-refractivity contribution < 1.29 is 9.76 Å². The van der Waals surface area contributed by atoms with Crippen LogP contribution in [0.4, 0.5) is 5.69 Å². The highest BCUT2D eigenvalue weighted by molar-refractivity contribution is 6.28. The first-order valence-electron chi connectivity index (χ1n) is 10.1. The van der Waals surface area contributed by atoms with E-state index in [1.165, 1.54) is 16.8 Å². The standard InChI is InChI=1S/C25H29BNO2/c1-6-12-19(13-11-18-26-29-25(4,5)24(2,3)28)27-22-16-9-7-14-20(22)21-15-8-10-17-23(21)27/h1,7-16,23,28H,17-18H2,2-5H3/b13-11-,19-12+. The molecule has 3 rings (SSSR count). The third-order valence-corrected chi connectivity index (χ3v) is 5.80. The van der Waals surface area contributed by atoms with Crippen LogP contribution in [0.2, 0.25) is 6.32 Å². The molecule has 0 bridgehead atoms. The number of para-hydroxylation sites is 1. The third kappa shape index (κ3) is 4.42. The van der Waals surface area contributed by atoms with Crippen LogP contribution in [0.15, 0.2) is 66.4 Å². The third-order valence-electron chi connectivity index (χ3n) is 5.80. The summed E-state index contributed by atoms with van der Waals surface area (Å²) in [4.78, 5) is 2.32. The molecule has 1 heterocycles. The van der Waals surface area contributed by atoms with E-state index in [0.29, 0.717) is 6.32 Å². The normalized spacial score (nSPS) is 19.0. The smallest absolute Gasteiger partial charge is 0.297 e. The highest BCUT2D eigenvalue weighted by atomic mass is 16.5. The maximum absolute atomic E-state index is 10.2. The summed E-state index contributed by atoms with van der Waals surface area (Å²) in [6, 6.07) is 8.72. The van der Waals surface area contributed by atoms with Gasteiger partial charge in [0.2, 0.25) is 0 Å². The van der Waals surface area contributed by atoms with Crippen molar-refractivity contribution in [1.82, 2.24) is 0 Å². The predicted octanol–water partition coefficient (Wildman–Crippen LogP) is 4.90. The molecule has 1 aromatic carbocycles. The lowest BCUT2D eigenvalue weighted by Gasteiger charge is -2.37. The van der Waals surface area contributed by atoms with Crippen LogP contribution in [0.1, 0.15) is 39.7 Å². The summed E-state index contributed by atoms with van der Waals surface area (Å²) in [6.07, 6.45) is 19.6. The van der Waals surface area contributed by atoms with E-state index < -0.39 is 11.2 Å². The molecule has 149 valence electrons. The molecular weight excluding hydrogens is 357 g/mol. The number of benzene rings is 1. The summed E-state index contributed by atoms with van der Waals surface area (Å²) in [5.41, 5.74) is 3.17. The number of nitrogens with zero attached hydrogens (tertiary/aromatic N) is 1. The Hall–Kier alpha value is -2.48. The molecule has 0 spiro atoms. The Morgan fingerprint density at radius 3 is 2.83 bits per heavy atom. The lowest BCUT2D eigenvalue weighted by molar-refractivity contribution is -0.0901. The van der Waals surface area contributed by atoms with Gasteiger partial charge in [-0.3, -0.25) is 0 Å². The van der Waals surface area contributed by atoms with Gasteiger partial charge in [-0.05, 0) is 58.2 Å². The molecule has 1 unspecified atom stereocenters. The Kier molecular flexibility index (Phi) is 6.22. The first-order valence-corrected chi connectivity index (χ1v) is 10.1. The van der Waals surface area contributed by atoms with E-state index in [-0.39, 0.29) is 6.04 Å². The molecule has 29 heavy (non-hydrogen) atoms. The van der Waals surface area contributed by atoms with Crippen LogP contribution in [0, 0.1) is 12.3 Å². The Morgan fingerprint density at radius 2 is 2.10 bits per heavy atom. The molecule has 0 saturated heterocycles. The van der Waals surface area contributed by atoms with Gasteiger partial charge >= 0.3 is 0 Å². The molecule has 2 aliphatic rings. The average molecular weight is 386 g/mol. The summed E-state index contributed by atoms with van der Waals surface area (Å²) in [5, 5.41) is 10.2. The van der Waals surface area contributed by atoms with Crippen molar-refractivity contribution in [2.75, 3.05) is 4.90 Å². The fourth-order valence-electron chi connectivity index (χ4n) is 3.47. The van der Waals surface area contributed by atoms with Crippen LogP contribution in [-0.2, 0) is 4.65 Å². The lowest BCUT2D eigenvalue weighted by Crippen LogP contribution is -2.47. The van der Waals surface area contributed by atoms with Gasteiger partial charge in [-0.25, -0.2) is 0 Å². The Labute approximate surface area is 175 Å². The maximum Gasteiger partial charge on any atom is 0.297 e. The molecule has 0 fully saturated rings. The van der Waals surface area contributed by atoms with Gasteiger partial charge in [-0.15, -0.1) is 6.42 Å². The van der Waals surface area contributed by atoms with Crippen LogP contribution in [0.3, 0.4) is 0 Å². The number of aliphatic hydroxyl groups is 1. The summed E-state index contributed by atoms with van der Waals surface area (Å²) in [5.74, 6) is 2.69. The van der Waals surface area contributed by atoms with E-state index in [2.05, 4.69) is 59.4 Å². The number of allylic oxidation sites excluding steroid dienone is 5. The molecule has 1 aromatic rings. The summed E-state index contributed by atoms with van der Waals surface area (Å²) in [6.45, 7) is 7.25. The van der Waals surface area contributed by atoms with Gasteiger partial charge in [-0.2, -0.15) is 0 Å². The molecule has 3 nitrogen and oxygen atoms in total. The van der Waals surface area contributed by atoms with Crippen molar-refractivity contribution in [2.24, 2.45) is 0 Å². The van der Waals surface area contributed by atoms with Crippen molar-refractivity contribution >= 4 is 18.7 Å². The first kappa shape index (κ1) is 21.2. The van der Waals surface area contributed by atoms with Crippen molar-refractivity contribution in [3.63, 3.8) is 0 Å². The van der Waals surface area contributed by atoms with Crippen LogP contribution in [0.5, 0.6) is 0 Å². The van der Waals surface area contributed by atoms with E-state index in [0.717, 1.165) is 12.1 Å². The SMILES string of the molecule is C#C/C=C(\C=C/C[B]OC(C)(C)C(C)(C)O)N1c2ccccc2C2=CC=CCC21. The fraction of sp³-hybridized carbons (Fsp3) is 0.360. The number of terminal acetylenes is 1. The van der Waals surface area contributed by atoms with Gasteiger partial charge in [0.25, 0.3) is 7.48 Å². The molecule has 1 aliphatic carbocycles. The second-order valence-electron chi connectivity index (χ2n) is 8.42. The molecule has 0 aromatic heterocycles. The van der Waals surface area contributed by atoms with Gasteiger partial charge < -0.3 is 14.7 Å². The molecular formula is C25H29BNO2. The largest absolute Gasteiger partial charge is 0.433 e. The quantitative estimate of drug-likeness (QED) is 0.313. The average Bonchev–Trinajstić information content (AvgIpc) is 3.00. The molecule has 1 radical (unpaired) electrons. The number of fused-ring (bicyclic) bond motifs is 3. The number of rotatable bonds is 7. The summed E-state index contributed by atoms with van der Waals surface area (Å²) < 4.78 is 5.79. The Morgan fingerprint density at radius 1 is 1.34 bits per heavy atom. The molecule has 4 heteroatoms. The molecule has 1 atom stereocenters. The predicted molar refractivity (Wildman–Crippen MR) is 123 cm³/mol. The summed E-state index contributed by atoms with van der Waals surface area (Å²) >= 11 is 0. The highest BCUT2D eigenvalue weighted by Gasteiger charge is 2.36.